The number of hydrogen-bond acceptors (Lipinski definition) is 4. The van der Waals surface area contributed by atoms with Crippen LogP contribution in [-0.2, 0) is 7.05 Å². The van der Waals surface area contributed by atoms with E-state index in [9.17, 15) is 4.79 Å². The maximum Gasteiger partial charge on any atom is 0.272 e. The molecule has 2 heterocycles. The van der Waals surface area contributed by atoms with Crippen LogP contribution in [0.15, 0.2) is 36.5 Å². The van der Waals surface area contributed by atoms with Crippen molar-refractivity contribution < 1.29 is 4.79 Å². The van der Waals surface area contributed by atoms with Crippen LogP contribution in [0.25, 0.3) is 0 Å². The second-order valence-corrected chi connectivity index (χ2v) is 5.21. The molecule has 6 nitrogen and oxygen atoms in total. The molecule has 0 radical (unpaired) electrons. The minimum Gasteiger partial charge on any atom is -0.399 e. The molecule has 0 bridgehead atoms. The van der Waals surface area contributed by atoms with Crippen molar-refractivity contribution in [1.29, 1.82) is 0 Å². The first-order chi connectivity index (χ1) is 10.1. The van der Waals surface area contributed by atoms with Crippen molar-refractivity contribution in [2.24, 2.45) is 7.05 Å². The molecule has 0 spiro atoms. The lowest BCUT2D eigenvalue weighted by atomic mass is 10.2. The number of anilines is 2. The van der Waals surface area contributed by atoms with Crippen LogP contribution in [0.4, 0.5) is 11.4 Å². The van der Waals surface area contributed by atoms with E-state index < -0.39 is 0 Å². The van der Waals surface area contributed by atoms with E-state index in [2.05, 4.69) is 16.1 Å². The highest BCUT2D eigenvalue weighted by Gasteiger charge is 2.23. The van der Waals surface area contributed by atoms with Gasteiger partial charge in [0.15, 0.2) is 0 Å². The Morgan fingerprint density at radius 1 is 1.19 bits per heavy atom. The molecule has 3 rings (SSSR count). The average Bonchev–Trinajstić information content (AvgIpc) is 2.93. The number of rotatable bonds is 2. The summed E-state index contributed by atoms with van der Waals surface area (Å²) in [7, 11) is 1.79. The Hall–Kier alpha value is -2.50. The van der Waals surface area contributed by atoms with Gasteiger partial charge in [0.25, 0.3) is 5.91 Å². The summed E-state index contributed by atoms with van der Waals surface area (Å²) in [6.07, 6.45) is 1.65. The van der Waals surface area contributed by atoms with Crippen molar-refractivity contribution in [2.75, 3.05) is 36.8 Å². The van der Waals surface area contributed by atoms with Gasteiger partial charge < -0.3 is 15.5 Å². The number of benzene rings is 1. The number of nitrogens with zero attached hydrogens (tertiary/aromatic N) is 4. The zero-order valence-electron chi connectivity index (χ0n) is 12.1. The van der Waals surface area contributed by atoms with Crippen LogP contribution in [0.3, 0.4) is 0 Å². The third-order valence-corrected chi connectivity index (χ3v) is 3.84. The van der Waals surface area contributed by atoms with Gasteiger partial charge in [-0.15, -0.1) is 0 Å². The maximum absolute atomic E-state index is 12.4. The monoisotopic (exact) mass is 285 g/mol. The zero-order valence-corrected chi connectivity index (χ0v) is 12.1. The van der Waals surface area contributed by atoms with Gasteiger partial charge in [0.1, 0.15) is 5.69 Å². The summed E-state index contributed by atoms with van der Waals surface area (Å²) in [5, 5.41) is 4.05. The SMILES string of the molecule is Cn1nccc1C(=O)N1CCN(c2cccc(N)c2)CC1. The van der Waals surface area contributed by atoms with Gasteiger partial charge in [0.05, 0.1) is 0 Å². The molecular weight excluding hydrogens is 266 g/mol. The Balaban J connectivity index is 1.65. The van der Waals surface area contributed by atoms with Crippen molar-refractivity contribution in [2.45, 2.75) is 0 Å². The van der Waals surface area contributed by atoms with Gasteiger partial charge >= 0.3 is 0 Å². The smallest absolute Gasteiger partial charge is 0.272 e. The van der Waals surface area contributed by atoms with Crippen LogP contribution in [0.5, 0.6) is 0 Å². The molecule has 2 aromatic rings. The molecule has 21 heavy (non-hydrogen) atoms. The molecule has 1 amide bonds. The second-order valence-electron chi connectivity index (χ2n) is 5.21. The summed E-state index contributed by atoms with van der Waals surface area (Å²) in [5.41, 5.74) is 8.33. The molecule has 1 aromatic heterocycles. The molecule has 1 saturated heterocycles. The molecule has 1 fully saturated rings. The molecule has 0 aliphatic carbocycles. The normalized spacial score (nSPS) is 15.3. The maximum atomic E-state index is 12.4. The lowest BCUT2D eigenvalue weighted by Gasteiger charge is -2.36. The first kappa shape index (κ1) is 13.5. The van der Waals surface area contributed by atoms with Gasteiger partial charge in [0.2, 0.25) is 0 Å². The number of carbonyl (C=O) groups excluding carboxylic acids is 1. The Kier molecular flexibility index (Phi) is 3.51. The predicted molar refractivity (Wildman–Crippen MR) is 82.2 cm³/mol. The van der Waals surface area contributed by atoms with E-state index in [1.807, 2.05) is 23.1 Å². The molecule has 0 atom stereocenters. The fraction of sp³-hybridized carbons (Fsp3) is 0.333. The van der Waals surface area contributed by atoms with E-state index in [-0.39, 0.29) is 5.91 Å². The standard InChI is InChI=1S/C15H19N5O/c1-18-14(5-6-17-18)15(21)20-9-7-19(8-10-20)13-4-2-3-12(16)11-13/h2-6,11H,7-10,16H2,1H3. The fourth-order valence-corrected chi connectivity index (χ4v) is 2.63. The molecule has 6 heteroatoms. The topological polar surface area (TPSA) is 67.4 Å². The highest BCUT2D eigenvalue weighted by molar-refractivity contribution is 5.92. The number of piperazine rings is 1. The number of hydrogen-bond donors (Lipinski definition) is 1. The zero-order chi connectivity index (χ0) is 14.8. The van der Waals surface area contributed by atoms with Gasteiger partial charge in [-0.05, 0) is 24.3 Å². The first-order valence-electron chi connectivity index (χ1n) is 7.03. The molecule has 2 N–H and O–H groups in total. The van der Waals surface area contributed by atoms with Crippen LogP contribution >= 0.6 is 0 Å². The van der Waals surface area contributed by atoms with Crippen molar-refractivity contribution in [3.63, 3.8) is 0 Å². The van der Waals surface area contributed by atoms with Crippen molar-refractivity contribution in [3.8, 4) is 0 Å². The molecule has 1 aromatic carbocycles. The molecule has 0 saturated carbocycles. The summed E-state index contributed by atoms with van der Waals surface area (Å²) < 4.78 is 1.62. The third-order valence-electron chi connectivity index (χ3n) is 3.84. The van der Waals surface area contributed by atoms with E-state index in [0.29, 0.717) is 18.8 Å². The summed E-state index contributed by atoms with van der Waals surface area (Å²) in [5.74, 6) is 0.0437. The number of aromatic nitrogens is 2. The van der Waals surface area contributed by atoms with Crippen molar-refractivity contribution in [1.82, 2.24) is 14.7 Å². The quantitative estimate of drug-likeness (QED) is 0.835. The van der Waals surface area contributed by atoms with E-state index in [1.165, 1.54) is 0 Å². The van der Waals surface area contributed by atoms with E-state index in [0.717, 1.165) is 24.5 Å². The summed E-state index contributed by atoms with van der Waals surface area (Å²) in [6.45, 7) is 3.04. The Bertz CT molecular complexity index is 643. The molecule has 0 unspecified atom stereocenters. The minimum atomic E-state index is 0.0437. The summed E-state index contributed by atoms with van der Waals surface area (Å²) in [6, 6.07) is 9.61. The van der Waals surface area contributed by atoms with Crippen molar-refractivity contribution in [3.05, 3.63) is 42.2 Å². The number of nitrogen functional groups attached to an aromatic ring is 1. The number of nitrogens with two attached hydrogens (primary N) is 1. The molecule has 1 aliphatic heterocycles. The first-order valence-corrected chi connectivity index (χ1v) is 7.03. The summed E-state index contributed by atoms with van der Waals surface area (Å²) in [4.78, 5) is 16.5. The molecule has 110 valence electrons. The Morgan fingerprint density at radius 3 is 2.57 bits per heavy atom. The third kappa shape index (κ3) is 2.69. The lowest BCUT2D eigenvalue weighted by Crippen LogP contribution is -2.49. The number of carbonyl (C=O) groups is 1. The van der Waals surface area contributed by atoms with E-state index in [1.54, 1.807) is 24.0 Å². The van der Waals surface area contributed by atoms with Gasteiger partial charge in [-0.25, -0.2) is 0 Å². The molecular formula is C15H19N5O. The summed E-state index contributed by atoms with van der Waals surface area (Å²) >= 11 is 0. The van der Waals surface area contributed by atoms with E-state index in [4.69, 9.17) is 5.73 Å². The van der Waals surface area contributed by atoms with Crippen LogP contribution in [0.1, 0.15) is 10.5 Å². The average molecular weight is 285 g/mol. The minimum absolute atomic E-state index is 0.0437. The van der Waals surface area contributed by atoms with Crippen LogP contribution in [-0.4, -0.2) is 46.8 Å². The largest absolute Gasteiger partial charge is 0.399 e. The van der Waals surface area contributed by atoms with E-state index >= 15 is 0 Å². The number of amides is 1. The van der Waals surface area contributed by atoms with Crippen molar-refractivity contribution >= 4 is 17.3 Å². The second kappa shape index (κ2) is 5.47. The highest BCUT2D eigenvalue weighted by atomic mass is 16.2. The Morgan fingerprint density at radius 2 is 1.95 bits per heavy atom. The lowest BCUT2D eigenvalue weighted by molar-refractivity contribution is 0.0735. The highest BCUT2D eigenvalue weighted by Crippen LogP contribution is 2.19. The van der Waals surface area contributed by atoms with Crippen LogP contribution < -0.4 is 10.6 Å². The van der Waals surface area contributed by atoms with Gasteiger partial charge in [-0.1, -0.05) is 6.07 Å². The van der Waals surface area contributed by atoms with Gasteiger partial charge in [-0.3, -0.25) is 9.48 Å². The predicted octanol–water partition coefficient (Wildman–Crippen LogP) is 0.965. The van der Waals surface area contributed by atoms with Gasteiger partial charge in [-0.2, -0.15) is 5.10 Å². The van der Waals surface area contributed by atoms with Crippen LogP contribution in [0.2, 0.25) is 0 Å². The fourth-order valence-electron chi connectivity index (χ4n) is 2.63. The van der Waals surface area contributed by atoms with Gasteiger partial charge in [0, 0.05) is 50.8 Å². The van der Waals surface area contributed by atoms with Crippen LogP contribution in [0, 0.1) is 0 Å². The number of aryl methyl sites for hydroxylation is 1. The molecule has 1 aliphatic rings. The Labute approximate surface area is 123 Å².